The van der Waals surface area contributed by atoms with E-state index in [1.807, 2.05) is 18.4 Å². The highest BCUT2D eigenvalue weighted by molar-refractivity contribution is 5.75. The van der Waals surface area contributed by atoms with Crippen LogP contribution in [-0.2, 0) is 4.79 Å². The van der Waals surface area contributed by atoms with E-state index < -0.39 is 0 Å². The first-order valence-corrected chi connectivity index (χ1v) is 6.11. The molecule has 0 aromatic heterocycles. The van der Waals surface area contributed by atoms with Gasteiger partial charge < -0.3 is 9.64 Å². The van der Waals surface area contributed by atoms with Gasteiger partial charge in [-0.1, -0.05) is 0 Å². The van der Waals surface area contributed by atoms with Crippen LogP contribution in [0, 0.1) is 0 Å². The van der Waals surface area contributed by atoms with Crippen LogP contribution in [-0.4, -0.2) is 37.4 Å². The zero-order chi connectivity index (χ0) is 12.1. The number of likely N-dealkylation sites (tertiary alicyclic amines) is 1. The number of benzene rings is 1. The second-order valence-electron chi connectivity index (χ2n) is 4.54. The molecule has 3 nitrogen and oxygen atoms in total. The third-order valence-electron chi connectivity index (χ3n) is 3.36. The molecule has 0 N–H and O–H groups in total. The van der Waals surface area contributed by atoms with Crippen molar-refractivity contribution in [2.75, 3.05) is 20.2 Å². The van der Waals surface area contributed by atoms with Crippen LogP contribution < -0.4 is 4.74 Å². The smallest absolute Gasteiger partial charge is 0.233 e. The zero-order valence-corrected chi connectivity index (χ0v) is 10.2. The number of rotatable bonds is 5. The monoisotopic (exact) mass is 232 g/mol. The molecule has 1 heterocycles. The summed E-state index contributed by atoms with van der Waals surface area (Å²) < 4.78 is 5.66. The quantitative estimate of drug-likeness (QED) is 0.777. The van der Waals surface area contributed by atoms with Gasteiger partial charge in [0, 0.05) is 11.6 Å². The lowest BCUT2D eigenvalue weighted by molar-refractivity contribution is 0.233. The van der Waals surface area contributed by atoms with Gasteiger partial charge in [-0.2, -0.15) is 0 Å². The molecule has 1 unspecified atom stereocenters. The summed E-state index contributed by atoms with van der Waals surface area (Å²) in [7, 11) is 2.17. The molecule has 0 aliphatic carbocycles. The van der Waals surface area contributed by atoms with E-state index in [0.717, 1.165) is 18.8 Å². The molecule has 0 bridgehead atoms. The first-order chi connectivity index (χ1) is 8.29. The summed E-state index contributed by atoms with van der Waals surface area (Å²) in [5.74, 6) is 0.824. The molecule has 1 saturated heterocycles. The molecule has 0 amide bonds. The van der Waals surface area contributed by atoms with E-state index in [1.54, 1.807) is 12.1 Å². The van der Waals surface area contributed by atoms with E-state index >= 15 is 0 Å². The predicted octanol–water partition coefficient (Wildman–Crippen LogP) is 2.01. The fourth-order valence-corrected chi connectivity index (χ4v) is 2.28. The minimum atomic E-state index is 0.563. The number of nitrogens with zero attached hydrogens (tertiary/aromatic N) is 1. The van der Waals surface area contributed by atoms with Crippen molar-refractivity contribution in [3.05, 3.63) is 29.8 Å². The van der Waals surface area contributed by atoms with Gasteiger partial charge in [-0.25, -0.2) is 0 Å². The maximum atomic E-state index is 10.4. The normalized spacial score (nSPS) is 20.4. The Kier molecular flexibility index (Phi) is 4.15. The van der Waals surface area contributed by atoms with E-state index in [0.29, 0.717) is 11.6 Å². The van der Waals surface area contributed by atoms with Gasteiger partial charge in [0.1, 0.15) is 5.75 Å². The van der Waals surface area contributed by atoms with Crippen LogP contribution in [0.25, 0.3) is 0 Å². The van der Waals surface area contributed by atoms with E-state index in [2.05, 4.69) is 11.9 Å². The molecule has 91 valence electrons. The largest absolute Gasteiger partial charge is 0.494 e. The average Bonchev–Trinajstić information content (AvgIpc) is 2.76. The van der Waals surface area contributed by atoms with Crippen LogP contribution in [0.5, 0.6) is 5.75 Å². The lowest BCUT2D eigenvalue weighted by Crippen LogP contribution is -2.26. The van der Waals surface area contributed by atoms with Crippen molar-refractivity contribution in [1.29, 1.82) is 0 Å². The molecule has 0 spiro atoms. The maximum Gasteiger partial charge on any atom is 0.233 e. The van der Waals surface area contributed by atoms with Crippen molar-refractivity contribution >= 4 is 6.29 Å². The molecule has 1 aromatic rings. The van der Waals surface area contributed by atoms with Gasteiger partial charge in [-0.15, -0.1) is 0 Å². The van der Waals surface area contributed by atoms with Gasteiger partial charge in [0.25, 0.3) is 0 Å². The molecule has 3 heteroatoms. The van der Waals surface area contributed by atoms with E-state index in [-0.39, 0.29) is 0 Å². The van der Waals surface area contributed by atoms with E-state index in [4.69, 9.17) is 4.74 Å². The van der Waals surface area contributed by atoms with E-state index in [1.165, 1.54) is 19.4 Å². The van der Waals surface area contributed by atoms with Crippen molar-refractivity contribution in [2.24, 2.45) is 0 Å². The summed E-state index contributed by atoms with van der Waals surface area (Å²) >= 11 is 0. The van der Waals surface area contributed by atoms with Gasteiger partial charge >= 0.3 is 0 Å². The van der Waals surface area contributed by atoms with Crippen LogP contribution in [0.1, 0.15) is 24.8 Å². The molecule has 1 fully saturated rings. The number of carbonyl (C=O) groups excluding carboxylic acids is 1. The van der Waals surface area contributed by atoms with Crippen LogP contribution in [0.3, 0.4) is 0 Å². The number of hydrogen-bond donors (Lipinski definition) is 0. The molecule has 1 atom stereocenters. The fourth-order valence-electron chi connectivity index (χ4n) is 2.28. The lowest BCUT2D eigenvalue weighted by atomic mass is 10.1. The fraction of sp³-hybridized carbons (Fsp3) is 0.500. The minimum absolute atomic E-state index is 0.563. The number of ether oxygens (including phenoxy) is 1. The highest BCUT2D eigenvalue weighted by atomic mass is 16.5. The predicted molar refractivity (Wildman–Crippen MR) is 67.0 cm³/mol. The minimum Gasteiger partial charge on any atom is -0.494 e. The summed E-state index contributed by atoms with van der Waals surface area (Å²) in [4.78, 5) is 12.8. The molecule has 1 radical (unpaired) electrons. The highest BCUT2D eigenvalue weighted by Crippen LogP contribution is 2.18. The molecule has 1 aliphatic rings. The number of hydrogen-bond acceptors (Lipinski definition) is 3. The third-order valence-corrected chi connectivity index (χ3v) is 3.36. The lowest BCUT2D eigenvalue weighted by Gasteiger charge is -2.19. The van der Waals surface area contributed by atoms with Crippen LogP contribution in [0.4, 0.5) is 0 Å². The van der Waals surface area contributed by atoms with Crippen molar-refractivity contribution in [3.63, 3.8) is 0 Å². The Morgan fingerprint density at radius 1 is 1.41 bits per heavy atom. The van der Waals surface area contributed by atoms with Crippen molar-refractivity contribution in [1.82, 2.24) is 4.90 Å². The molecular weight excluding hydrogens is 214 g/mol. The molecule has 1 aromatic carbocycles. The molecule has 0 saturated carbocycles. The standard InChI is InChI=1S/C14H18NO2/c1-15-9-2-3-13(15)8-10-17-14-6-4-12(11-16)5-7-14/h4-7,13H,2-3,8-10H2,1H3. The first kappa shape index (κ1) is 12.1. The Labute approximate surface area is 102 Å². The van der Waals surface area contributed by atoms with Crippen molar-refractivity contribution < 1.29 is 9.53 Å². The Morgan fingerprint density at radius 2 is 2.18 bits per heavy atom. The first-order valence-electron chi connectivity index (χ1n) is 6.11. The second-order valence-corrected chi connectivity index (χ2v) is 4.54. The third kappa shape index (κ3) is 3.30. The van der Waals surface area contributed by atoms with Gasteiger partial charge in [0.2, 0.25) is 6.29 Å². The Bertz CT molecular complexity index is 361. The Balaban J connectivity index is 1.75. The summed E-state index contributed by atoms with van der Waals surface area (Å²) in [6, 6.07) is 7.75. The Hall–Kier alpha value is -1.35. The molecule has 2 rings (SSSR count). The van der Waals surface area contributed by atoms with Gasteiger partial charge in [0.05, 0.1) is 6.61 Å². The van der Waals surface area contributed by atoms with Gasteiger partial charge in [-0.3, -0.25) is 4.79 Å². The Morgan fingerprint density at radius 3 is 2.76 bits per heavy atom. The van der Waals surface area contributed by atoms with Crippen molar-refractivity contribution in [2.45, 2.75) is 25.3 Å². The SMILES string of the molecule is CN1CCCC1CCOc1ccc([C]=O)cc1. The summed E-state index contributed by atoms with van der Waals surface area (Å²) in [5, 5.41) is 0. The molecular formula is C14H18NO2. The van der Waals surface area contributed by atoms with E-state index in [9.17, 15) is 4.79 Å². The average molecular weight is 232 g/mol. The highest BCUT2D eigenvalue weighted by Gasteiger charge is 2.20. The molecule has 17 heavy (non-hydrogen) atoms. The van der Waals surface area contributed by atoms with Crippen LogP contribution in [0.15, 0.2) is 24.3 Å². The second kappa shape index (κ2) is 5.82. The van der Waals surface area contributed by atoms with Crippen molar-refractivity contribution in [3.8, 4) is 5.75 Å². The van der Waals surface area contributed by atoms with Crippen LogP contribution >= 0.6 is 0 Å². The van der Waals surface area contributed by atoms with Gasteiger partial charge in [-0.05, 0) is 57.1 Å². The zero-order valence-electron chi connectivity index (χ0n) is 10.2. The summed E-state index contributed by atoms with van der Waals surface area (Å²) in [5.41, 5.74) is 0.563. The van der Waals surface area contributed by atoms with Gasteiger partial charge in [0.15, 0.2) is 0 Å². The van der Waals surface area contributed by atoms with Crippen LogP contribution in [0.2, 0.25) is 0 Å². The summed E-state index contributed by atoms with van der Waals surface area (Å²) in [6.07, 6.45) is 5.49. The maximum absolute atomic E-state index is 10.4. The molecule has 1 aliphatic heterocycles. The summed E-state index contributed by atoms with van der Waals surface area (Å²) in [6.45, 7) is 1.94. The topological polar surface area (TPSA) is 29.5 Å².